The third-order valence-corrected chi connectivity index (χ3v) is 4.55. The number of hydrogen-bond donors (Lipinski definition) is 0. The van der Waals surface area contributed by atoms with Crippen molar-refractivity contribution in [2.24, 2.45) is 0 Å². The van der Waals surface area contributed by atoms with Crippen LogP contribution in [0.15, 0.2) is 42.7 Å². The SMILES string of the molecule is c1cc(OCc2ccncc2)nc(N2CCN(C3CC3)CC2)c1. The number of rotatable bonds is 5. The Morgan fingerprint density at radius 2 is 1.78 bits per heavy atom. The summed E-state index contributed by atoms with van der Waals surface area (Å²) in [7, 11) is 0. The number of ether oxygens (including phenoxy) is 1. The Kier molecular flexibility index (Phi) is 4.11. The van der Waals surface area contributed by atoms with Gasteiger partial charge in [0, 0.05) is 50.7 Å². The molecule has 0 bridgehead atoms. The molecular weight excluding hydrogens is 288 g/mol. The van der Waals surface area contributed by atoms with Gasteiger partial charge in [0.2, 0.25) is 5.88 Å². The molecule has 1 aliphatic carbocycles. The van der Waals surface area contributed by atoms with Crippen LogP contribution in [0.4, 0.5) is 5.82 Å². The molecule has 0 unspecified atom stereocenters. The van der Waals surface area contributed by atoms with Crippen LogP contribution in [-0.4, -0.2) is 47.1 Å². The van der Waals surface area contributed by atoms with Crippen molar-refractivity contribution in [3.63, 3.8) is 0 Å². The van der Waals surface area contributed by atoms with Crippen molar-refractivity contribution in [3.05, 3.63) is 48.3 Å². The summed E-state index contributed by atoms with van der Waals surface area (Å²) in [6.45, 7) is 4.92. The van der Waals surface area contributed by atoms with Crippen LogP contribution in [0.2, 0.25) is 0 Å². The van der Waals surface area contributed by atoms with Gasteiger partial charge in [-0.05, 0) is 36.6 Å². The van der Waals surface area contributed by atoms with E-state index < -0.39 is 0 Å². The number of piperazine rings is 1. The number of aromatic nitrogens is 2. The predicted molar refractivity (Wildman–Crippen MR) is 89.6 cm³/mol. The average molecular weight is 310 g/mol. The molecule has 1 saturated heterocycles. The quantitative estimate of drug-likeness (QED) is 0.848. The van der Waals surface area contributed by atoms with Crippen molar-refractivity contribution in [1.29, 1.82) is 0 Å². The number of nitrogens with zero attached hydrogens (tertiary/aromatic N) is 4. The Labute approximate surface area is 136 Å². The van der Waals surface area contributed by atoms with Crippen LogP contribution in [0.1, 0.15) is 18.4 Å². The van der Waals surface area contributed by atoms with Gasteiger partial charge in [0.25, 0.3) is 0 Å². The van der Waals surface area contributed by atoms with Gasteiger partial charge in [-0.2, -0.15) is 4.98 Å². The van der Waals surface area contributed by atoms with Crippen molar-refractivity contribution in [2.45, 2.75) is 25.5 Å². The van der Waals surface area contributed by atoms with Crippen LogP contribution in [0.25, 0.3) is 0 Å². The molecule has 2 aliphatic rings. The van der Waals surface area contributed by atoms with Gasteiger partial charge in [-0.15, -0.1) is 0 Å². The van der Waals surface area contributed by atoms with E-state index in [1.54, 1.807) is 12.4 Å². The van der Waals surface area contributed by atoms with E-state index in [2.05, 4.69) is 25.8 Å². The summed E-state index contributed by atoms with van der Waals surface area (Å²) < 4.78 is 5.82. The fourth-order valence-electron chi connectivity index (χ4n) is 3.05. The molecule has 5 nitrogen and oxygen atoms in total. The molecule has 1 aliphatic heterocycles. The van der Waals surface area contributed by atoms with E-state index in [0.29, 0.717) is 12.5 Å². The summed E-state index contributed by atoms with van der Waals surface area (Å²) in [5.74, 6) is 1.71. The molecule has 0 atom stereocenters. The lowest BCUT2D eigenvalue weighted by atomic mass is 10.3. The maximum Gasteiger partial charge on any atom is 0.215 e. The summed E-state index contributed by atoms with van der Waals surface area (Å²) in [5.41, 5.74) is 1.10. The standard InChI is InChI=1S/C18H22N4O/c1-2-17(22-12-10-21(11-13-22)16-4-5-16)20-18(3-1)23-14-15-6-8-19-9-7-15/h1-3,6-9,16H,4-5,10-14H2. The lowest BCUT2D eigenvalue weighted by Gasteiger charge is -2.35. The normalized spacial score (nSPS) is 18.9. The Morgan fingerprint density at radius 1 is 1.00 bits per heavy atom. The third-order valence-electron chi connectivity index (χ3n) is 4.55. The highest BCUT2D eigenvalue weighted by Gasteiger charge is 2.31. The van der Waals surface area contributed by atoms with Gasteiger partial charge in [0.1, 0.15) is 12.4 Å². The van der Waals surface area contributed by atoms with Crippen molar-refractivity contribution in [2.75, 3.05) is 31.1 Å². The molecule has 3 heterocycles. The van der Waals surface area contributed by atoms with Gasteiger partial charge in [-0.25, -0.2) is 0 Å². The Bertz CT molecular complexity index is 636. The van der Waals surface area contributed by atoms with E-state index in [0.717, 1.165) is 43.6 Å². The maximum absolute atomic E-state index is 5.82. The highest BCUT2D eigenvalue weighted by molar-refractivity contribution is 5.41. The predicted octanol–water partition coefficient (Wildman–Crippen LogP) is 2.34. The van der Waals surface area contributed by atoms with E-state index in [9.17, 15) is 0 Å². The van der Waals surface area contributed by atoms with Crippen molar-refractivity contribution in [3.8, 4) is 5.88 Å². The second-order valence-electron chi connectivity index (χ2n) is 6.23. The topological polar surface area (TPSA) is 41.5 Å². The summed E-state index contributed by atoms with van der Waals surface area (Å²) in [4.78, 5) is 13.7. The van der Waals surface area contributed by atoms with Crippen molar-refractivity contribution >= 4 is 5.82 Å². The Balaban J connectivity index is 1.36. The summed E-state index contributed by atoms with van der Waals surface area (Å²) in [6.07, 6.45) is 6.33. The lowest BCUT2D eigenvalue weighted by molar-refractivity contribution is 0.247. The van der Waals surface area contributed by atoms with E-state index in [4.69, 9.17) is 4.74 Å². The van der Waals surface area contributed by atoms with Gasteiger partial charge in [-0.1, -0.05) is 6.07 Å². The van der Waals surface area contributed by atoms with E-state index >= 15 is 0 Å². The average Bonchev–Trinajstić information content (AvgIpc) is 3.47. The number of pyridine rings is 2. The minimum Gasteiger partial charge on any atom is -0.473 e. The van der Waals surface area contributed by atoms with Gasteiger partial charge >= 0.3 is 0 Å². The minimum absolute atomic E-state index is 0.522. The maximum atomic E-state index is 5.82. The highest BCUT2D eigenvalue weighted by atomic mass is 16.5. The van der Waals surface area contributed by atoms with Gasteiger partial charge in [0.05, 0.1) is 0 Å². The molecule has 4 rings (SSSR count). The minimum atomic E-state index is 0.522. The first kappa shape index (κ1) is 14.5. The third kappa shape index (κ3) is 3.62. The second-order valence-corrected chi connectivity index (χ2v) is 6.23. The van der Waals surface area contributed by atoms with Crippen molar-refractivity contribution in [1.82, 2.24) is 14.9 Å². The lowest BCUT2D eigenvalue weighted by Crippen LogP contribution is -2.47. The van der Waals surface area contributed by atoms with Gasteiger partial charge < -0.3 is 9.64 Å². The molecule has 5 heteroatoms. The zero-order valence-electron chi connectivity index (χ0n) is 13.3. The van der Waals surface area contributed by atoms with Crippen LogP contribution < -0.4 is 9.64 Å². The van der Waals surface area contributed by atoms with Crippen molar-refractivity contribution < 1.29 is 4.74 Å². The molecule has 0 amide bonds. The summed E-state index contributed by atoms with van der Waals surface area (Å²) in [5, 5.41) is 0. The number of anilines is 1. The molecule has 0 radical (unpaired) electrons. The smallest absolute Gasteiger partial charge is 0.215 e. The largest absolute Gasteiger partial charge is 0.473 e. The first-order valence-electron chi connectivity index (χ1n) is 8.36. The van der Waals surface area contributed by atoms with Gasteiger partial charge in [0.15, 0.2) is 0 Å². The van der Waals surface area contributed by atoms with E-state index in [1.807, 2.05) is 24.3 Å². The first-order chi connectivity index (χ1) is 11.4. The Morgan fingerprint density at radius 3 is 2.52 bits per heavy atom. The zero-order chi connectivity index (χ0) is 15.5. The molecule has 23 heavy (non-hydrogen) atoms. The van der Waals surface area contributed by atoms with E-state index in [-0.39, 0.29) is 0 Å². The first-order valence-corrected chi connectivity index (χ1v) is 8.36. The van der Waals surface area contributed by atoms with E-state index in [1.165, 1.54) is 12.8 Å². The van der Waals surface area contributed by atoms with Gasteiger partial charge in [-0.3, -0.25) is 9.88 Å². The molecule has 0 spiro atoms. The van der Waals surface area contributed by atoms with Crippen LogP contribution in [-0.2, 0) is 6.61 Å². The fourth-order valence-corrected chi connectivity index (χ4v) is 3.05. The molecule has 1 saturated carbocycles. The molecule has 0 N–H and O–H groups in total. The van der Waals surface area contributed by atoms with Crippen LogP contribution in [0, 0.1) is 0 Å². The van der Waals surface area contributed by atoms with Crippen LogP contribution in [0.3, 0.4) is 0 Å². The Hall–Kier alpha value is -2.14. The fraction of sp³-hybridized carbons (Fsp3) is 0.444. The zero-order valence-corrected chi connectivity index (χ0v) is 13.3. The molecule has 0 aromatic carbocycles. The highest BCUT2D eigenvalue weighted by Crippen LogP contribution is 2.28. The number of hydrogen-bond acceptors (Lipinski definition) is 5. The molecule has 2 fully saturated rings. The molecule has 120 valence electrons. The molecule has 2 aromatic heterocycles. The summed E-state index contributed by atoms with van der Waals surface area (Å²) >= 11 is 0. The van der Waals surface area contributed by atoms with Crippen LogP contribution in [0.5, 0.6) is 5.88 Å². The molecular formula is C18H22N4O. The van der Waals surface area contributed by atoms with Crippen LogP contribution >= 0.6 is 0 Å². The summed E-state index contributed by atoms with van der Waals surface area (Å²) in [6, 6.07) is 10.8. The second kappa shape index (κ2) is 6.54. The monoisotopic (exact) mass is 310 g/mol. The molecule has 2 aromatic rings.